The Hall–Kier alpha value is -1.92. The van der Waals surface area contributed by atoms with Crippen LogP contribution in [0.1, 0.15) is 25.0 Å². The summed E-state index contributed by atoms with van der Waals surface area (Å²) >= 11 is 0. The van der Waals surface area contributed by atoms with Gasteiger partial charge < -0.3 is 15.1 Å². The van der Waals surface area contributed by atoms with Crippen molar-refractivity contribution in [3.05, 3.63) is 59.8 Å². The van der Waals surface area contributed by atoms with Crippen molar-refractivity contribution in [2.24, 2.45) is 4.99 Å². The van der Waals surface area contributed by atoms with Crippen molar-refractivity contribution < 1.29 is 8.42 Å². The van der Waals surface area contributed by atoms with E-state index < -0.39 is 10.0 Å². The Labute approximate surface area is 208 Å². The maximum atomic E-state index is 12.1. The number of nitrogens with zero attached hydrogens (tertiary/aromatic N) is 4. The lowest BCUT2D eigenvalue weighted by atomic mass is 10.1. The van der Waals surface area contributed by atoms with Crippen LogP contribution < -0.4 is 14.9 Å². The predicted molar refractivity (Wildman–Crippen MR) is 141 cm³/mol. The van der Waals surface area contributed by atoms with Crippen LogP contribution in [0.15, 0.2) is 53.7 Å². The standard InChI is InChI=1S/C22H32N6O2S.HI/c1-18(2)26-31(29,30)17-20-9-7-19(8-10-20)16-25-22(23-3)28-14-12-27(13-15-28)21-6-4-5-11-24-21;/h4-11,18,26H,12-17H2,1-3H3,(H,23,25);1H. The predicted octanol–water partition coefficient (Wildman–Crippen LogP) is 2.43. The number of piperazine rings is 1. The lowest BCUT2D eigenvalue weighted by molar-refractivity contribution is 0.371. The summed E-state index contributed by atoms with van der Waals surface area (Å²) in [4.78, 5) is 13.4. The number of nitrogens with one attached hydrogen (secondary N) is 2. The monoisotopic (exact) mass is 572 g/mol. The molecule has 2 N–H and O–H groups in total. The van der Waals surface area contributed by atoms with E-state index in [1.54, 1.807) is 7.05 Å². The smallest absolute Gasteiger partial charge is 0.216 e. The molecule has 1 aromatic carbocycles. The highest BCUT2D eigenvalue weighted by Gasteiger charge is 2.20. The quantitative estimate of drug-likeness (QED) is 0.301. The molecule has 1 aliphatic rings. The van der Waals surface area contributed by atoms with Crippen LogP contribution in [-0.2, 0) is 22.3 Å². The first-order valence-corrected chi connectivity index (χ1v) is 12.2. The molecule has 0 spiro atoms. The van der Waals surface area contributed by atoms with Crippen LogP contribution in [0, 0.1) is 0 Å². The van der Waals surface area contributed by atoms with Gasteiger partial charge in [-0.05, 0) is 37.1 Å². The van der Waals surface area contributed by atoms with E-state index in [-0.39, 0.29) is 35.8 Å². The van der Waals surface area contributed by atoms with E-state index in [0.717, 1.165) is 49.1 Å². The first-order chi connectivity index (χ1) is 14.9. The van der Waals surface area contributed by atoms with E-state index in [1.165, 1.54) is 0 Å². The third-order valence-electron chi connectivity index (χ3n) is 5.01. The molecule has 176 valence electrons. The van der Waals surface area contributed by atoms with Gasteiger partial charge in [-0.2, -0.15) is 0 Å². The minimum atomic E-state index is -3.32. The molecule has 0 amide bonds. The van der Waals surface area contributed by atoms with E-state index >= 15 is 0 Å². The van der Waals surface area contributed by atoms with Gasteiger partial charge in [0.1, 0.15) is 5.82 Å². The van der Waals surface area contributed by atoms with Gasteiger partial charge in [-0.25, -0.2) is 18.1 Å². The SMILES string of the molecule is CN=C(NCc1ccc(CS(=O)(=O)NC(C)C)cc1)N1CCN(c2ccccn2)CC1.I. The van der Waals surface area contributed by atoms with Gasteiger partial charge in [0.25, 0.3) is 0 Å². The van der Waals surface area contributed by atoms with Gasteiger partial charge in [0.05, 0.1) is 5.75 Å². The first-order valence-electron chi connectivity index (χ1n) is 10.6. The van der Waals surface area contributed by atoms with E-state index in [2.05, 4.69) is 29.8 Å². The zero-order chi connectivity index (χ0) is 22.3. The molecule has 0 atom stereocenters. The Morgan fingerprint density at radius 3 is 2.28 bits per heavy atom. The maximum Gasteiger partial charge on any atom is 0.216 e. The van der Waals surface area contributed by atoms with Crippen molar-refractivity contribution in [2.45, 2.75) is 32.2 Å². The number of sulfonamides is 1. The molecule has 0 bridgehead atoms. The third-order valence-corrected chi connectivity index (χ3v) is 6.55. The number of aliphatic imine (C=N–C) groups is 1. The fourth-order valence-corrected chi connectivity index (χ4v) is 5.01. The summed E-state index contributed by atoms with van der Waals surface area (Å²) in [7, 11) is -1.52. The highest BCUT2D eigenvalue weighted by molar-refractivity contribution is 14.0. The molecule has 0 radical (unpaired) electrons. The molecule has 1 aliphatic heterocycles. The van der Waals surface area contributed by atoms with Crippen molar-refractivity contribution in [2.75, 3.05) is 38.1 Å². The van der Waals surface area contributed by atoms with Crippen LogP contribution in [0.4, 0.5) is 5.82 Å². The van der Waals surface area contributed by atoms with Gasteiger partial charge in [0, 0.05) is 52.0 Å². The second-order valence-electron chi connectivity index (χ2n) is 7.91. The second-order valence-corrected chi connectivity index (χ2v) is 9.66. The number of benzene rings is 1. The van der Waals surface area contributed by atoms with Crippen molar-refractivity contribution in [3.63, 3.8) is 0 Å². The van der Waals surface area contributed by atoms with Gasteiger partial charge in [-0.15, -0.1) is 24.0 Å². The maximum absolute atomic E-state index is 12.1. The number of hydrogen-bond donors (Lipinski definition) is 2. The summed E-state index contributed by atoms with van der Waals surface area (Å²) < 4.78 is 26.8. The molecule has 0 unspecified atom stereocenters. The number of rotatable bonds is 7. The molecule has 2 aromatic rings. The molecule has 0 saturated carbocycles. The van der Waals surface area contributed by atoms with E-state index in [4.69, 9.17) is 0 Å². The average molecular weight is 573 g/mol. The van der Waals surface area contributed by atoms with Crippen LogP contribution >= 0.6 is 24.0 Å². The van der Waals surface area contributed by atoms with Crippen molar-refractivity contribution in [1.29, 1.82) is 0 Å². The molecule has 2 heterocycles. The summed E-state index contributed by atoms with van der Waals surface area (Å²) in [5, 5.41) is 3.42. The average Bonchev–Trinajstić information content (AvgIpc) is 2.75. The van der Waals surface area contributed by atoms with Crippen LogP contribution in [0.2, 0.25) is 0 Å². The Balaban J connectivity index is 0.00000363. The molecule has 10 heteroatoms. The van der Waals surface area contributed by atoms with E-state index in [1.807, 2.05) is 62.5 Å². The zero-order valence-corrected chi connectivity index (χ0v) is 22.0. The highest BCUT2D eigenvalue weighted by Crippen LogP contribution is 2.13. The number of aromatic nitrogens is 1. The van der Waals surface area contributed by atoms with E-state index in [0.29, 0.717) is 6.54 Å². The molecule has 0 aliphatic carbocycles. The second kappa shape index (κ2) is 12.4. The molecule has 1 saturated heterocycles. The van der Waals surface area contributed by atoms with Gasteiger partial charge in [0.15, 0.2) is 5.96 Å². The zero-order valence-electron chi connectivity index (χ0n) is 18.9. The Kier molecular flexibility index (Phi) is 10.2. The van der Waals surface area contributed by atoms with Crippen LogP contribution in [0.5, 0.6) is 0 Å². The van der Waals surface area contributed by atoms with Gasteiger partial charge >= 0.3 is 0 Å². The molecule has 1 aromatic heterocycles. The lowest BCUT2D eigenvalue weighted by Gasteiger charge is -2.37. The summed E-state index contributed by atoms with van der Waals surface area (Å²) in [5.41, 5.74) is 1.85. The third kappa shape index (κ3) is 7.89. The number of anilines is 1. The molecule has 8 nitrogen and oxygen atoms in total. The molecule has 3 rings (SSSR count). The number of halogens is 1. The number of hydrogen-bond acceptors (Lipinski definition) is 5. The van der Waals surface area contributed by atoms with Crippen LogP contribution in [0.25, 0.3) is 0 Å². The van der Waals surface area contributed by atoms with E-state index in [9.17, 15) is 8.42 Å². The Morgan fingerprint density at radius 1 is 1.06 bits per heavy atom. The minimum absolute atomic E-state index is 0. The number of pyridine rings is 1. The Bertz CT molecular complexity index is 960. The van der Waals surface area contributed by atoms with Gasteiger partial charge in [-0.3, -0.25) is 4.99 Å². The van der Waals surface area contributed by atoms with Gasteiger partial charge in [0.2, 0.25) is 10.0 Å². The normalized spacial score (nSPS) is 14.9. The fourth-order valence-electron chi connectivity index (χ4n) is 3.58. The summed E-state index contributed by atoms with van der Waals surface area (Å²) in [6.07, 6.45) is 1.82. The van der Waals surface area contributed by atoms with Crippen LogP contribution in [-0.4, -0.2) is 63.5 Å². The van der Waals surface area contributed by atoms with Crippen molar-refractivity contribution in [3.8, 4) is 0 Å². The summed E-state index contributed by atoms with van der Waals surface area (Å²) in [6, 6.07) is 13.5. The molecule has 32 heavy (non-hydrogen) atoms. The number of guanidine groups is 1. The minimum Gasteiger partial charge on any atom is -0.353 e. The van der Waals surface area contributed by atoms with Crippen LogP contribution in [0.3, 0.4) is 0 Å². The fraction of sp³-hybridized carbons (Fsp3) is 0.455. The molecular formula is C22H33IN6O2S. The topological polar surface area (TPSA) is 89.9 Å². The van der Waals surface area contributed by atoms with Crippen molar-refractivity contribution in [1.82, 2.24) is 19.9 Å². The Morgan fingerprint density at radius 2 is 1.72 bits per heavy atom. The first kappa shape index (κ1) is 26.3. The summed E-state index contributed by atoms with van der Waals surface area (Å²) in [5.74, 6) is 1.87. The molecular weight excluding hydrogens is 539 g/mol. The molecule has 1 fully saturated rings. The largest absolute Gasteiger partial charge is 0.353 e. The lowest BCUT2D eigenvalue weighted by Crippen LogP contribution is -2.52. The highest BCUT2D eigenvalue weighted by atomic mass is 127. The summed E-state index contributed by atoms with van der Waals surface area (Å²) in [6.45, 7) is 7.79. The van der Waals surface area contributed by atoms with Crippen molar-refractivity contribution >= 4 is 45.8 Å². The van der Waals surface area contributed by atoms with Gasteiger partial charge in [-0.1, -0.05) is 30.3 Å².